The molecule has 3 nitrogen and oxygen atoms in total. The van der Waals surface area contributed by atoms with Crippen molar-refractivity contribution in [2.45, 2.75) is 37.0 Å². The highest BCUT2D eigenvalue weighted by molar-refractivity contribution is 7.99. The number of likely N-dealkylation sites (tertiary alicyclic amines) is 1. The van der Waals surface area contributed by atoms with Crippen molar-refractivity contribution in [2.24, 2.45) is 16.8 Å². The SMILES string of the molecule is CN=C(NCCCC1CC1)N1CCC(CSc2ccccc2)C1. The number of guanidine groups is 1. The van der Waals surface area contributed by atoms with Gasteiger partial charge >= 0.3 is 0 Å². The Hall–Kier alpha value is -1.16. The lowest BCUT2D eigenvalue weighted by Gasteiger charge is -2.21. The maximum atomic E-state index is 4.48. The van der Waals surface area contributed by atoms with Crippen LogP contribution in [-0.2, 0) is 0 Å². The van der Waals surface area contributed by atoms with Crippen LogP contribution < -0.4 is 5.32 Å². The average molecular weight is 332 g/mol. The Labute approximate surface area is 144 Å². The number of nitrogens with zero attached hydrogens (tertiary/aromatic N) is 2. The Kier molecular flexibility index (Phi) is 6.26. The third-order valence-electron chi connectivity index (χ3n) is 4.80. The molecule has 1 aliphatic carbocycles. The van der Waals surface area contributed by atoms with Crippen molar-refractivity contribution < 1.29 is 0 Å². The molecule has 1 aromatic rings. The Morgan fingerprint density at radius 3 is 2.78 bits per heavy atom. The van der Waals surface area contributed by atoms with Crippen LogP contribution in [0, 0.1) is 11.8 Å². The molecular formula is C19H29N3S. The molecule has 4 heteroatoms. The van der Waals surface area contributed by atoms with E-state index in [4.69, 9.17) is 0 Å². The van der Waals surface area contributed by atoms with Gasteiger partial charge in [-0.25, -0.2) is 0 Å². The largest absolute Gasteiger partial charge is 0.356 e. The zero-order valence-corrected chi connectivity index (χ0v) is 15.0. The van der Waals surface area contributed by atoms with Gasteiger partial charge in [-0.15, -0.1) is 11.8 Å². The molecule has 126 valence electrons. The first-order chi connectivity index (χ1) is 11.3. The summed E-state index contributed by atoms with van der Waals surface area (Å²) in [5.74, 6) is 4.11. The summed E-state index contributed by atoms with van der Waals surface area (Å²) in [7, 11) is 1.91. The summed E-state index contributed by atoms with van der Waals surface area (Å²) >= 11 is 1.98. The van der Waals surface area contributed by atoms with E-state index in [1.165, 1.54) is 42.8 Å². The molecule has 0 radical (unpaired) electrons. The summed E-state index contributed by atoms with van der Waals surface area (Å²) in [5.41, 5.74) is 0. The van der Waals surface area contributed by atoms with Crippen LogP contribution in [0.25, 0.3) is 0 Å². The highest BCUT2D eigenvalue weighted by atomic mass is 32.2. The second-order valence-corrected chi connectivity index (χ2v) is 7.88. The topological polar surface area (TPSA) is 27.6 Å². The maximum absolute atomic E-state index is 4.48. The summed E-state index contributed by atoms with van der Waals surface area (Å²) < 4.78 is 0. The fraction of sp³-hybridized carbons (Fsp3) is 0.632. The molecule has 1 aliphatic heterocycles. The van der Waals surface area contributed by atoms with Crippen LogP contribution in [0.1, 0.15) is 32.1 Å². The first kappa shape index (κ1) is 16.7. The number of aliphatic imine (C=N–C) groups is 1. The zero-order valence-electron chi connectivity index (χ0n) is 14.2. The molecule has 1 saturated carbocycles. The third-order valence-corrected chi connectivity index (χ3v) is 6.04. The number of hydrogen-bond donors (Lipinski definition) is 1. The number of nitrogens with one attached hydrogen (secondary N) is 1. The molecule has 0 spiro atoms. The summed E-state index contributed by atoms with van der Waals surface area (Å²) in [4.78, 5) is 8.30. The third kappa shape index (κ3) is 5.45. The van der Waals surface area contributed by atoms with E-state index in [2.05, 4.69) is 45.5 Å². The van der Waals surface area contributed by atoms with Crippen molar-refractivity contribution in [1.82, 2.24) is 10.2 Å². The van der Waals surface area contributed by atoms with Crippen LogP contribution in [0.2, 0.25) is 0 Å². The smallest absolute Gasteiger partial charge is 0.193 e. The Bertz CT molecular complexity index is 499. The average Bonchev–Trinajstić information content (AvgIpc) is 3.30. The lowest BCUT2D eigenvalue weighted by Crippen LogP contribution is -2.40. The van der Waals surface area contributed by atoms with Gasteiger partial charge in [0.15, 0.2) is 5.96 Å². The first-order valence-corrected chi connectivity index (χ1v) is 9.97. The lowest BCUT2D eigenvalue weighted by atomic mass is 10.2. The highest BCUT2D eigenvalue weighted by Gasteiger charge is 2.25. The molecule has 1 N–H and O–H groups in total. The summed E-state index contributed by atoms with van der Waals surface area (Å²) in [6, 6.07) is 10.7. The molecule has 0 bridgehead atoms. The van der Waals surface area contributed by atoms with E-state index in [-0.39, 0.29) is 0 Å². The van der Waals surface area contributed by atoms with Crippen LogP contribution in [0.4, 0.5) is 0 Å². The number of rotatable bonds is 7. The standard InChI is InChI=1S/C19H29N3S/c1-20-19(21-12-5-6-16-9-10-16)22-13-11-17(14-22)15-23-18-7-3-2-4-8-18/h2-4,7-8,16-17H,5-6,9-15H2,1H3,(H,20,21). The van der Waals surface area contributed by atoms with Crippen LogP contribution in [0.3, 0.4) is 0 Å². The number of benzene rings is 1. The number of hydrogen-bond acceptors (Lipinski definition) is 2. The molecule has 3 rings (SSSR count). The van der Waals surface area contributed by atoms with Crippen molar-refractivity contribution in [3.8, 4) is 0 Å². The minimum absolute atomic E-state index is 0.769. The lowest BCUT2D eigenvalue weighted by molar-refractivity contribution is 0.471. The quantitative estimate of drug-likeness (QED) is 0.356. The molecular weight excluding hydrogens is 302 g/mol. The molecule has 1 saturated heterocycles. The highest BCUT2D eigenvalue weighted by Crippen LogP contribution is 2.33. The predicted octanol–water partition coefficient (Wildman–Crippen LogP) is 3.87. The first-order valence-electron chi connectivity index (χ1n) is 8.98. The Morgan fingerprint density at radius 2 is 2.04 bits per heavy atom. The summed E-state index contributed by atoms with van der Waals surface area (Å²) in [6.45, 7) is 3.35. The van der Waals surface area contributed by atoms with Crippen molar-refractivity contribution in [2.75, 3.05) is 32.4 Å². The van der Waals surface area contributed by atoms with Crippen molar-refractivity contribution in [3.63, 3.8) is 0 Å². The molecule has 1 heterocycles. The second-order valence-electron chi connectivity index (χ2n) is 6.78. The fourth-order valence-corrected chi connectivity index (χ4v) is 4.27. The van der Waals surface area contributed by atoms with Gasteiger partial charge in [0, 0.05) is 37.3 Å². The normalized spacial score (nSPS) is 21.7. The van der Waals surface area contributed by atoms with E-state index in [0.29, 0.717) is 0 Å². The van der Waals surface area contributed by atoms with Crippen LogP contribution >= 0.6 is 11.8 Å². The Morgan fingerprint density at radius 1 is 1.22 bits per heavy atom. The second kappa shape index (κ2) is 8.62. The van der Waals surface area contributed by atoms with Gasteiger partial charge in [-0.1, -0.05) is 31.0 Å². The van der Waals surface area contributed by atoms with Gasteiger partial charge in [-0.05, 0) is 43.2 Å². The summed E-state index contributed by atoms with van der Waals surface area (Å²) in [5, 5.41) is 3.56. The van der Waals surface area contributed by atoms with Crippen molar-refractivity contribution in [3.05, 3.63) is 30.3 Å². The molecule has 2 aliphatic rings. The molecule has 2 fully saturated rings. The Balaban J connectivity index is 1.36. The summed E-state index contributed by atoms with van der Waals surface area (Å²) in [6.07, 6.45) is 6.87. The number of thioether (sulfide) groups is 1. The monoisotopic (exact) mass is 331 g/mol. The van der Waals surface area contributed by atoms with E-state index < -0.39 is 0 Å². The van der Waals surface area contributed by atoms with Crippen molar-refractivity contribution in [1.29, 1.82) is 0 Å². The molecule has 1 unspecified atom stereocenters. The molecule has 23 heavy (non-hydrogen) atoms. The van der Waals surface area contributed by atoms with Gasteiger partial charge in [0.05, 0.1) is 0 Å². The van der Waals surface area contributed by atoms with E-state index in [9.17, 15) is 0 Å². The van der Waals surface area contributed by atoms with Gasteiger partial charge in [0.25, 0.3) is 0 Å². The fourth-order valence-electron chi connectivity index (χ4n) is 3.22. The molecule has 1 atom stereocenters. The van der Waals surface area contributed by atoms with Gasteiger partial charge in [-0.3, -0.25) is 4.99 Å². The van der Waals surface area contributed by atoms with Gasteiger partial charge in [0.1, 0.15) is 0 Å². The van der Waals surface area contributed by atoms with Gasteiger partial charge < -0.3 is 10.2 Å². The molecule has 0 amide bonds. The van der Waals surface area contributed by atoms with E-state index in [0.717, 1.165) is 37.4 Å². The molecule has 1 aromatic carbocycles. The predicted molar refractivity (Wildman–Crippen MR) is 100 cm³/mol. The van der Waals surface area contributed by atoms with E-state index in [1.54, 1.807) is 0 Å². The van der Waals surface area contributed by atoms with Crippen molar-refractivity contribution >= 4 is 17.7 Å². The minimum atomic E-state index is 0.769. The van der Waals surface area contributed by atoms with Crippen LogP contribution in [0.15, 0.2) is 40.2 Å². The van der Waals surface area contributed by atoms with E-state index >= 15 is 0 Å². The zero-order chi connectivity index (χ0) is 15.9. The minimum Gasteiger partial charge on any atom is -0.356 e. The van der Waals surface area contributed by atoms with Gasteiger partial charge in [-0.2, -0.15) is 0 Å². The van der Waals surface area contributed by atoms with Gasteiger partial charge in [0.2, 0.25) is 0 Å². The van der Waals surface area contributed by atoms with Crippen LogP contribution in [0.5, 0.6) is 0 Å². The maximum Gasteiger partial charge on any atom is 0.193 e. The van der Waals surface area contributed by atoms with Crippen LogP contribution in [-0.4, -0.2) is 43.3 Å². The molecule has 0 aromatic heterocycles. The van der Waals surface area contributed by atoms with E-state index in [1.807, 2.05) is 18.8 Å².